The molecule has 1 amide bonds. The molecule has 2 aromatic rings. The summed E-state index contributed by atoms with van der Waals surface area (Å²) in [6.45, 7) is 4.26. The average molecular weight is 328 g/mol. The van der Waals surface area contributed by atoms with E-state index in [-0.39, 0.29) is 5.91 Å². The van der Waals surface area contributed by atoms with Crippen LogP contribution in [0.5, 0.6) is 11.5 Å². The van der Waals surface area contributed by atoms with Gasteiger partial charge in [-0.15, -0.1) is 0 Å². The van der Waals surface area contributed by atoms with Crippen LogP contribution in [0.25, 0.3) is 0 Å². The van der Waals surface area contributed by atoms with Gasteiger partial charge in [-0.1, -0.05) is 13.0 Å². The van der Waals surface area contributed by atoms with Crippen molar-refractivity contribution >= 4 is 17.3 Å². The summed E-state index contributed by atoms with van der Waals surface area (Å²) >= 11 is 0. The molecule has 2 aromatic carbocycles. The number of ether oxygens (including phenoxy) is 2. The molecule has 5 nitrogen and oxygen atoms in total. The number of anilines is 2. The second kappa shape index (κ2) is 8.24. The molecule has 0 radical (unpaired) electrons. The second-order valence-corrected chi connectivity index (χ2v) is 5.52. The maximum atomic E-state index is 12.6. The van der Waals surface area contributed by atoms with Crippen molar-refractivity contribution in [3.63, 3.8) is 0 Å². The van der Waals surface area contributed by atoms with Crippen molar-refractivity contribution in [3.8, 4) is 11.5 Å². The predicted molar refractivity (Wildman–Crippen MR) is 97.3 cm³/mol. The molecular formula is C19H24N2O3. The van der Waals surface area contributed by atoms with Crippen LogP contribution in [0.3, 0.4) is 0 Å². The molecule has 0 heterocycles. The Labute approximate surface area is 143 Å². The van der Waals surface area contributed by atoms with Gasteiger partial charge < -0.3 is 20.1 Å². The molecule has 0 saturated heterocycles. The number of hydrogen-bond acceptors (Lipinski definition) is 4. The SMILES string of the molecule is CCC(C)Nc1ccc(NC(=O)c2c(OC)cccc2OC)cc1. The molecule has 128 valence electrons. The number of hydrogen-bond donors (Lipinski definition) is 2. The Kier molecular flexibility index (Phi) is 6.07. The van der Waals surface area contributed by atoms with Crippen LogP contribution >= 0.6 is 0 Å². The molecule has 0 saturated carbocycles. The predicted octanol–water partition coefficient (Wildman–Crippen LogP) is 4.17. The van der Waals surface area contributed by atoms with E-state index in [4.69, 9.17) is 9.47 Å². The zero-order chi connectivity index (χ0) is 17.5. The molecule has 0 aliphatic heterocycles. The van der Waals surface area contributed by atoms with Crippen LogP contribution in [-0.2, 0) is 0 Å². The van der Waals surface area contributed by atoms with Gasteiger partial charge in [0, 0.05) is 17.4 Å². The lowest BCUT2D eigenvalue weighted by atomic mass is 10.1. The lowest BCUT2D eigenvalue weighted by Crippen LogP contribution is -2.15. The molecular weight excluding hydrogens is 304 g/mol. The molecule has 2 rings (SSSR count). The van der Waals surface area contributed by atoms with Crippen LogP contribution in [0, 0.1) is 0 Å². The first kappa shape index (κ1) is 17.7. The van der Waals surface area contributed by atoms with Gasteiger partial charge in [0.05, 0.1) is 14.2 Å². The molecule has 0 aromatic heterocycles. The largest absolute Gasteiger partial charge is 0.496 e. The Morgan fingerprint density at radius 1 is 1.00 bits per heavy atom. The van der Waals surface area contributed by atoms with Gasteiger partial charge in [-0.25, -0.2) is 0 Å². The third-order valence-electron chi connectivity index (χ3n) is 3.82. The van der Waals surface area contributed by atoms with Crippen LogP contribution in [0.4, 0.5) is 11.4 Å². The van der Waals surface area contributed by atoms with Gasteiger partial charge in [0.15, 0.2) is 0 Å². The Morgan fingerprint density at radius 2 is 1.54 bits per heavy atom. The molecule has 5 heteroatoms. The number of rotatable bonds is 7. The molecule has 1 unspecified atom stereocenters. The van der Waals surface area contributed by atoms with Crippen LogP contribution in [0.15, 0.2) is 42.5 Å². The van der Waals surface area contributed by atoms with Crippen molar-refractivity contribution in [2.75, 3.05) is 24.9 Å². The van der Waals surface area contributed by atoms with E-state index in [1.165, 1.54) is 14.2 Å². The molecule has 1 atom stereocenters. The quantitative estimate of drug-likeness (QED) is 0.801. The smallest absolute Gasteiger partial charge is 0.263 e. The number of benzene rings is 2. The zero-order valence-corrected chi connectivity index (χ0v) is 14.6. The number of carbonyl (C=O) groups is 1. The van der Waals surface area contributed by atoms with E-state index in [1.54, 1.807) is 18.2 Å². The first-order chi connectivity index (χ1) is 11.6. The van der Waals surface area contributed by atoms with Crippen LogP contribution in [-0.4, -0.2) is 26.2 Å². The standard InChI is InChI=1S/C19H24N2O3/c1-5-13(2)20-14-9-11-15(12-10-14)21-19(22)18-16(23-3)7-6-8-17(18)24-4/h6-13,20H,5H2,1-4H3,(H,21,22). The van der Waals surface area contributed by atoms with Crippen LogP contribution in [0.1, 0.15) is 30.6 Å². The topological polar surface area (TPSA) is 59.6 Å². The van der Waals surface area contributed by atoms with E-state index >= 15 is 0 Å². The maximum absolute atomic E-state index is 12.6. The Bertz CT molecular complexity index is 661. The highest BCUT2D eigenvalue weighted by Gasteiger charge is 2.18. The Balaban J connectivity index is 2.15. The normalized spacial score (nSPS) is 11.5. The summed E-state index contributed by atoms with van der Waals surface area (Å²) in [4.78, 5) is 12.6. The highest BCUT2D eigenvalue weighted by Crippen LogP contribution is 2.29. The van der Waals surface area contributed by atoms with Crippen molar-refractivity contribution in [3.05, 3.63) is 48.0 Å². The fraction of sp³-hybridized carbons (Fsp3) is 0.316. The van der Waals surface area contributed by atoms with Gasteiger partial charge in [0.25, 0.3) is 5.91 Å². The number of nitrogens with one attached hydrogen (secondary N) is 2. The molecule has 0 bridgehead atoms. The lowest BCUT2D eigenvalue weighted by molar-refractivity contribution is 0.102. The minimum absolute atomic E-state index is 0.271. The fourth-order valence-corrected chi connectivity index (χ4v) is 2.30. The van der Waals surface area contributed by atoms with E-state index in [2.05, 4.69) is 24.5 Å². The van der Waals surface area contributed by atoms with E-state index < -0.39 is 0 Å². The van der Waals surface area contributed by atoms with Crippen LogP contribution < -0.4 is 20.1 Å². The van der Waals surface area contributed by atoms with Crippen molar-refractivity contribution in [2.45, 2.75) is 26.3 Å². The maximum Gasteiger partial charge on any atom is 0.263 e. The molecule has 2 N–H and O–H groups in total. The van der Waals surface area contributed by atoms with Gasteiger partial charge in [-0.3, -0.25) is 4.79 Å². The van der Waals surface area contributed by atoms with Crippen molar-refractivity contribution in [1.82, 2.24) is 0 Å². The van der Waals surface area contributed by atoms with Gasteiger partial charge >= 0.3 is 0 Å². The average Bonchev–Trinajstić information content (AvgIpc) is 2.62. The third-order valence-corrected chi connectivity index (χ3v) is 3.82. The molecule has 0 aliphatic carbocycles. The summed E-state index contributed by atoms with van der Waals surface area (Å²) in [5.74, 6) is 0.677. The van der Waals surface area contributed by atoms with Crippen molar-refractivity contribution in [1.29, 1.82) is 0 Å². The van der Waals surface area contributed by atoms with E-state index in [0.29, 0.717) is 28.8 Å². The monoisotopic (exact) mass is 328 g/mol. The van der Waals surface area contributed by atoms with Gasteiger partial charge in [-0.2, -0.15) is 0 Å². The fourth-order valence-electron chi connectivity index (χ4n) is 2.30. The van der Waals surface area contributed by atoms with Crippen molar-refractivity contribution < 1.29 is 14.3 Å². The molecule has 0 aliphatic rings. The molecule has 0 fully saturated rings. The first-order valence-electron chi connectivity index (χ1n) is 7.98. The van der Waals surface area contributed by atoms with E-state index in [9.17, 15) is 4.79 Å². The highest BCUT2D eigenvalue weighted by molar-refractivity contribution is 6.08. The number of carbonyl (C=O) groups excluding carboxylic acids is 1. The molecule has 24 heavy (non-hydrogen) atoms. The minimum Gasteiger partial charge on any atom is -0.496 e. The minimum atomic E-state index is -0.271. The number of amides is 1. The summed E-state index contributed by atoms with van der Waals surface area (Å²) in [5, 5.41) is 6.26. The summed E-state index contributed by atoms with van der Waals surface area (Å²) < 4.78 is 10.5. The highest BCUT2D eigenvalue weighted by atomic mass is 16.5. The van der Waals surface area contributed by atoms with Gasteiger partial charge in [0.1, 0.15) is 17.1 Å². The van der Waals surface area contributed by atoms with Crippen molar-refractivity contribution in [2.24, 2.45) is 0 Å². The zero-order valence-electron chi connectivity index (χ0n) is 14.6. The van der Waals surface area contributed by atoms with Crippen LogP contribution in [0.2, 0.25) is 0 Å². The van der Waals surface area contributed by atoms with E-state index in [0.717, 1.165) is 12.1 Å². The summed E-state index contributed by atoms with van der Waals surface area (Å²) in [6, 6.07) is 13.3. The molecule has 0 spiro atoms. The summed E-state index contributed by atoms with van der Waals surface area (Å²) in [5.41, 5.74) is 2.11. The van der Waals surface area contributed by atoms with E-state index in [1.807, 2.05) is 24.3 Å². The first-order valence-corrected chi connectivity index (χ1v) is 7.98. The van der Waals surface area contributed by atoms with Gasteiger partial charge in [0.2, 0.25) is 0 Å². The lowest BCUT2D eigenvalue weighted by Gasteiger charge is -2.15. The Morgan fingerprint density at radius 3 is 2.04 bits per heavy atom. The third kappa shape index (κ3) is 4.19. The second-order valence-electron chi connectivity index (χ2n) is 5.52. The Hall–Kier alpha value is -2.69. The summed E-state index contributed by atoms with van der Waals surface area (Å²) in [7, 11) is 3.06. The van der Waals surface area contributed by atoms with Gasteiger partial charge in [-0.05, 0) is 49.7 Å². The number of methoxy groups -OCH3 is 2. The summed E-state index contributed by atoms with van der Waals surface area (Å²) in [6.07, 6.45) is 1.05.